The maximum absolute atomic E-state index is 11.8. The highest BCUT2D eigenvalue weighted by atomic mass is 32.2. The number of rotatable bonds is 9. The molecule has 214 valence electrons. The fraction of sp³-hybridized carbons (Fsp3) is 0.0606. The maximum atomic E-state index is 11.8. The zero-order chi connectivity index (χ0) is 30.3. The number of aromatic nitrogens is 1. The summed E-state index contributed by atoms with van der Waals surface area (Å²) in [5.41, 5.74) is 2.54. The molecule has 0 saturated carbocycles. The first-order chi connectivity index (χ1) is 20.6. The molecule has 2 N–H and O–H groups in total. The Morgan fingerprint density at radius 3 is 2.26 bits per heavy atom. The molecule has 0 unspecified atom stereocenters. The smallest absolute Gasteiger partial charge is 0.370 e. The third kappa shape index (κ3) is 5.03. The van der Waals surface area contributed by atoms with Crippen molar-refractivity contribution in [3.05, 3.63) is 114 Å². The first-order valence-corrected chi connectivity index (χ1v) is 14.7. The molecule has 0 amide bonds. The van der Waals surface area contributed by atoms with Gasteiger partial charge in [0.05, 0.1) is 21.4 Å². The Hall–Kier alpha value is -5.32. The van der Waals surface area contributed by atoms with Gasteiger partial charge in [0.15, 0.2) is 0 Å². The number of hydrogen-bond donors (Lipinski definition) is 2. The van der Waals surface area contributed by atoms with Crippen LogP contribution in [0.15, 0.2) is 108 Å². The average Bonchev–Trinajstić information content (AvgIpc) is 3.41. The third-order valence-corrected chi connectivity index (χ3v) is 8.28. The molecule has 5 aromatic rings. The molecule has 43 heavy (non-hydrogen) atoms. The van der Waals surface area contributed by atoms with Gasteiger partial charge in [-0.1, -0.05) is 72.8 Å². The first-order valence-electron chi connectivity index (χ1n) is 13.3. The number of carboxylic acids is 2. The van der Waals surface area contributed by atoms with E-state index in [1.807, 2.05) is 48.6 Å². The molecule has 1 aromatic heterocycles. The summed E-state index contributed by atoms with van der Waals surface area (Å²) in [4.78, 5) is 22.9. The molecule has 10 heteroatoms. The molecule has 0 atom stereocenters. The SMILES string of the molecule is O=C(O)Cn1/c(=C/C=C/C=C/C=C/C2=[N+](CC(=O)O)c3ccc(S(=O)(=O)[O-])c4cccc2c34)c2cccc3cccc1c32. The number of nitrogens with zero attached hydrogens (tertiary/aromatic N) is 2. The Morgan fingerprint density at radius 1 is 0.814 bits per heavy atom. The lowest BCUT2D eigenvalue weighted by Crippen LogP contribution is -2.20. The van der Waals surface area contributed by atoms with Crippen LogP contribution in [0.5, 0.6) is 0 Å². The van der Waals surface area contributed by atoms with E-state index in [1.54, 1.807) is 57.7 Å². The minimum Gasteiger partial charge on any atom is -0.744 e. The van der Waals surface area contributed by atoms with E-state index in [2.05, 4.69) is 0 Å². The van der Waals surface area contributed by atoms with Gasteiger partial charge in [0, 0.05) is 33.7 Å². The predicted molar refractivity (Wildman–Crippen MR) is 163 cm³/mol. The van der Waals surface area contributed by atoms with E-state index in [0.29, 0.717) is 22.3 Å². The molecule has 4 aromatic carbocycles. The van der Waals surface area contributed by atoms with Crippen molar-refractivity contribution in [1.29, 1.82) is 0 Å². The lowest BCUT2D eigenvalue weighted by Gasteiger charge is -2.10. The van der Waals surface area contributed by atoms with Gasteiger partial charge in [-0.3, -0.25) is 4.79 Å². The average molecular weight is 593 g/mol. The summed E-state index contributed by atoms with van der Waals surface area (Å²) in [7, 11) is -4.73. The summed E-state index contributed by atoms with van der Waals surface area (Å²) >= 11 is 0. The lowest BCUT2D eigenvalue weighted by molar-refractivity contribution is -0.425. The van der Waals surface area contributed by atoms with Gasteiger partial charge < -0.3 is 19.3 Å². The van der Waals surface area contributed by atoms with Gasteiger partial charge in [-0.25, -0.2) is 13.2 Å². The second-order valence-corrected chi connectivity index (χ2v) is 11.3. The van der Waals surface area contributed by atoms with Crippen molar-refractivity contribution < 1.29 is 37.3 Å². The van der Waals surface area contributed by atoms with Crippen LogP contribution in [-0.2, 0) is 26.3 Å². The Balaban J connectivity index is 1.33. The predicted octanol–water partition coefficient (Wildman–Crippen LogP) is 4.34. The Morgan fingerprint density at radius 2 is 1.51 bits per heavy atom. The van der Waals surface area contributed by atoms with Crippen molar-refractivity contribution in [2.75, 3.05) is 6.54 Å². The number of benzene rings is 4. The van der Waals surface area contributed by atoms with Crippen LogP contribution >= 0.6 is 0 Å². The minimum absolute atomic E-state index is 0.172. The van der Waals surface area contributed by atoms with Crippen LogP contribution in [0, 0.1) is 0 Å². The quantitative estimate of drug-likeness (QED) is 0.147. The summed E-state index contributed by atoms with van der Waals surface area (Å²) < 4.78 is 38.9. The molecule has 9 nitrogen and oxygen atoms in total. The molecule has 1 aliphatic rings. The molecular weight excluding hydrogens is 568 g/mol. The van der Waals surface area contributed by atoms with Gasteiger partial charge in [0.2, 0.25) is 17.9 Å². The van der Waals surface area contributed by atoms with Crippen LogP contribution in [0.2, 0.25) is 0 Å². The van der Waals surface area contributed by atoms with Crippen molar-refractivity contribution in [3.8, 4) is 0 Å². The Bertz CT molecular complexity index is 2270. The van der Waals surface area contributed by atoms with Crippen molar-refractivity contribution >= 4 is 72.0 Å². The summed E-state index contributed by atoms with van der Waals surface area (Å²) in [5, 5.41) is 23.6. The zero-order valence-electron chi connectivity index (χ0n) is 22.5. The third-order valence-electron chi connectivity index (χ3n) is 7.39. The number of carboxylic acid groups (broad SMARTS) is 2. The summed E-state index contributed by atoms with van der Waals surface area (Å²) in [5.74, 6) is -2.00. The highest BCUT2D eigenvalue weighted by Gasteiger charge is 2.33. The molecule has 0 aliphatic carbocycles. The second kappa shape index (κ2) is 10.8. The molecule has 0 bridgehead atoms. The van der Waals surface area contributed by atoms with Gasteiger partial charge in [0.1, 0.15) is 16.7 Å². The fourth-order valence-corrected chi connectivity index (χ4v) is 6.46. The fourth-order valence-electron chi connectivity index (χ4n) is 5.78. The van der Waals surface area contributed by atoms with Crippen molar-refractivity contribution in [2.24, 2.45) is 0 Å². The van der Waals surface area contributed by atoms with Crippen LogP contribution in [0.1, 0.15) is 5.56 Å². The van der Waals surface area contributed by atoms with Gasteiger partial charge in [-0.05, 0) is 29.7 Å². The molecule has 0 spiro atoms. The van der Waals surface area contributed by atoms with Gasteiger partial charge in [0.25, 0.3) is 0 Å². The zero-order valence-corrected chi connectivity index (χ0v) is 23.4. The normalized spacial score (nSPS) is 14.2. The van der Waals surface area contributed by atoms with E-state index in [-0.39, 0.29) is 23.4 Å². The summed E-state index contributed by atoms with van der Waals surface area (Å²) in [6.45, 7) is -0.527. The number of allylic oxidation sites excluding steroid dienone is 6. The Labute approximate surface area is 245 Å². The van der Waals surface area contributed by atoms with Crippen LogP contribution in [0.3, 0.4) is 0 Å². The highest BCUT2D eigenvalue weighted by Crippen LogP contribution is 2.38. The van der Waals surface area contributed by atoms with E-state index in [4.69, 9.17) is 0 Å². The molecule has 0 fully saturated rings. The van der Waals surface area contributed by atoms with Crippen LogP contribution in [-0.4, -0.2) is 56.5 Å². The van der Waals surface area contributed by atoms with Gasteiger partial charge >= 0.3 is 11.9 Å². The standard InChI is InChI=1S/C33H24N2O7S/c36-30(37)19-34-25(22-11-6-9-21-10-7-16-27(34)32(21)22)14-4-2-1-3-5-15-26-23-12-8-13-24-29(43(40,41)42)18-17-28(33(23)24)35(26)20-31(38)39/h1-18H,19-20H2,(H2-,36,37,38,39,40,41,42). The van der Waals surface area contributed by atoms with E-state index < -0.39 is 22.1 Å². The Kier molecular flexibility index (Phi) is 7.01. The second-order valence-electron chi connectivity index (χ2n) is 9.97. The van der Waals surface area contributed by atoms with E-state index >= 15 is 0 Å². The lowest BCUT2D eigenvalue weighted by atomic mass is 10.0. The topological polar surface area (TPSA) is 140 Å². The molecule has 0 radical (unpaired) electrons. The van der Waals surface area contributed by atoms with Gasteiger partial charge in [-0.15, -0.1) is 0 Å². The minimum atomic E-state index is -4.73. The monoisotopic (exact) mass is 592 g/mol. The first kappa shape index (κ1) is 27.8. The van der Waals surface area contributed by atoms with Crippen LogP contribution in [0.4, 0.5) is 5.69 Å². The molecular formula is C33H24N2O7S. The van der Waals surface area contributed by atoms with Crippen LogP contribution < -0.4 is 5.35 Å². The molecule has 2 heterocycles. The number of carbonyl (C=O) groups is 2. The maximum Gasteiger partial charge on any atom is 0.370 e. The summed E-state index contributed by atoms with van der Waals surface area (Å²) in [6, 6.07) is 19.3. The van der Waals surface area contributed by atoms with Crippen molar-refractivity contribution in [1.82, 2.24) is 4.57 Å². The van der Waals surface area contributed by atoms with Crippen molar-refractivity contribution in [2.45, 2.75) is 11.4 Å². The largest absolute Gasteiger partial charge is 0.744 e. The highest BCUT2D eigenvalue weighted by molar-refractivity contribution is 7.86. The molecule has 6 rings (SSSR count). The van der Waals surface area contributed by atoms with E-state index in [0.717, 1.165) is 27.0 Å². The summed E-state index contributed by atoms with van der Waals surface area (Å²) in [6.07, 6.45) is 12.5. The number of hydrogen-bond acceptors (Lipinski definition) is 5. The van der Waals surface area contributed by atoms with Crippen molar-refractivity contribution in [3.63, 3.8) is 0 Å². The number of aliphatic carboxylic acids is 2. The van der Waals surface area contributed by atoms with E-state index in [1.165, 1.54) is 12.1 Å². The molecule has 0 saturated heterocycles. The molecule has 1 aliphatic heterocycles. The van der Waals surface area contributed by atoms with Gasteiger partial charge in [-0.2, -0.15) is 4.58 Å². The van der Waals surface area contributed by atoms with Crippen LogP contribution in [0.25, 0.3) is 38.5 Å². The van der Waals surface area contributed by atoms with E-state index in [9.17, 15) is 32.8 Å².